The van der Waals surface area contributed by atoms with Crippen molar-refractivity contribution in [3.8, 4) is 0 Å². The summed E-state index contributed by atoms with van der Waals surface area (Å²) in [7, 11) is 0. The van der Waals surface area contributed by atoms with Gasteiger partial charge in [-0.15, -0.1) is 0 Å². The Hall–Kier alpha value is -3.33. The van der Waals surface area contributed by atoms with Crippen LogP contribution >= 0.6 is 0 Å². The number of aryl methyl sites for hydroxylation is 4. The third kappa shape index (κ3) is 5.11. The van der Waals surface area contributed by atoms with E-state index in [1.807, 2.05) is 0 Å². The van der Waals surface area contributed by atoms with Gasteiger partial charge >= 0.3 is 5.97 Å². The van der Waals surface area contributed by atoms with Crippen LogP contribution in [-0.4, -0.2) is 12.6 Å². The lowest BCUT2D eigenvalue weighted by atomic mass is 10.00. The molecule has 0 aromatic heterocycles. The molecule has 0 radical (unpaired) electrons. The second-order valence-electron chi connectivity index (χ2n) is 8.53. The average molecular weight is 428 g/mol. The minimum atomic E-state index is -0.386. The summed E-state index contributed by atoms with van der Waals surface area (Å²) in [5.74, 6) is -0.386. The molecule has 0 aliphatic carbocycles. The van der Waals surface area contributed by atoms with E-state index >= 15 is 0 Å². The van der Waals surface area contributed by atoms with Gasteiger partial charge in [0.15, 0.2) is 0 Å². The number of ether oxygens (including phenoxy) is 1. The number of carbonyl (C=O) groups excluding carboxylic acids is 1. The third-order valence-electron chi connectivity index (χ3n) is 6.34. The van der Waals surface area contributed by atoms with Crippen LogP contribution in [-0.2, 0) is 16.0 Å². The lowest BCUT2D eigenvalue weighted by molar-refractivity contribution is -0.137. The van der Waals surface area contributed by atoms with Crippen molar-refractivity contribution in [3.05, 3.63) is 100 Å². The summed E-state index contributed by atoms with van der Waals surface area (Å²) >= 11 is 0. The lowest BCUT2D eigenvalue weighted by Gasteiger charge is -2.28. The van der Waals surface area contributed by atoms with E-state index in [1.165, 1.54) is 39.5 Å². The summed E-state index contributed by atoms with van der Waals surface area (Å²) in [6.45, 7) is 16.8. The van der Waals surface area contributed by atoms with Crippen molar-refractivity contribution in [2.45, 2.75) is 48.0 Å². The van der Waals surface area contributed by atoms with Crippen LogP contribution < -0.4 is 4.90 Å². The zero-order valence-electron chi connectivity index (χ0n) is 20.1. The van der Waals surface area contributed by atoms with E-state index in [0.717, 1.165) is 22.6 Å². The van der Waals surface area contributed by atoms with Crippen LogP contribution in [0.5, 0.6) is 0 Å². The topological polar surface area (TPSA) is 29.5 Å². The zero-order valence-corrected chi connectivity index (χ0v) is 20.1. The number of nitrogens with zero attached hydrogens (tertiary/aromatic N) is 1. The molecule has 3 aromatic carbocycles. The van der Waals surface area contributed by atoms with Crippen molar-refractivity contribution < 1.29 is 9.53 Å². The molecule has 0 amide bonds. The Morgan fingerprint density at radius 1 is 0.781 bits per heavy atom. The molecule has 32 heavy (non-hydrogen) atoms. The number of benzene rings is 3. The van der Waals surface area contributed by atoms with Crippen molar-refractivity contribution in [2.75, 3.05) is 11.5 Å². The molecular formula is C29H33NO2. The fourth-order valence-corrected chi connectivity index (χ4v) is 3.87. The van der Waals surface area contributed by atoms with Crippen molar-refractivity contribution in [1.82, 2.24) is 0 Å². The first-order chi connectivity index (χ1) is 15.2. The highest BCUT2D eigenvalue weighted by Crippen LogP contribution is 2.38. The second-order valence-corrected chi connectivity index (χ2v) is 8.53. The maximum atomic E-state index is 11.3. The van der Waals surface area contributed by atoms with E-state index in [-0.39, 0.29) is 5.97 Å². The Morgan fingerprint density at radius 2 is 1.22 bits per heavy atom. The summed E-state index contributed by atoms with van der Waals surface area (Å²) in [5, 5.41) is 0. The SMILES string of the molecule is C=CC(=O)OCCc1ccc(N(c2cc(C)c(C)c(C)c2)c2cc(C)c(C)c(C)c2)cc1. The Balaban J connectivity index is 2.02. The number of carbonyl (C=O) groups is 1. The fraction of sp³-hybridized carbons (Fsp3) is 0.276. The summed E-state index contributed by atoms with van der Waals surface area (Å²) in [6.07, 6.45) is 1.86. The number of esters is 1. The monoisotopic (exact) mass is 427 g/mol. The molecule has 3 aromatic rings. The molecule has 0 spiro atoms. The fourth-order valence-electron chi connectivity index (χ4n) is 3.87. The molecule has 0 unspecified atom stereocenters. The van der Waals surface area contributed by atoms with Crippen LogP contribution in [0.25, 0.3) is 0 Å². The highest BCUT2D eigenvalue weighted by molar-refractivity contribution is 5.81. The van der Waals surface area contributed by atoms with Crippen molar-refractivity contribution in [1.29, 1.82) is 0 Å². The first kappa shape index (κ1) is 23.3. The molecule has 0 saturated carbocycles. The van der Waals surface area contributed by atoms with Crippen LogP contribution in [0.4, 0.5) is 17.1 Å². The number of hydrogen-bond acceptors (Lipinski definition) is 3. The Labute approximate surface area is 192 Å². The maximum Gasteiger partial charge on any atom is 0.330 e. The molecule has 0 heterocycles. The molecule has 0 aliphatic rings. The van der Waals surface area contributed by atoms with Gasteiger partial charge in [-0.2, -0.15) is 0 Å². The summed E-state index contributed by atoms with van der Waals surface area (Å²) < 4.78 is 5.12. The molecule has 3 rings (SSSR count). The van der Waals surface area contributed by atoms with E-state index in [9.17, 15) is 4.79 Å². The smallest absolute Gasteiger partial charge is 0.330 e. The molecule has 3 heteroatoms. The summed E-state index contributed by atoms with van der Waals surface area (Å²) in [5.41, 5.74) is 12.3. The molecule has 0 aliphatic heterocycles. The second kappa shape index (κ2) is 9.86. The van der Waals surface area contributed by atoms with Crippen LogP contribution in [0.3, 0.4) is 0 Å². The van der Waals surface area contributed by atoms with E-state index in [1.54, 1.807) is 0 Å². The van der Waals surface area contributed by atoms with Gasteiger partial charge in [0.2, 0.25) is 0 Å². The van der Waals surface area contributed by atoms with Gasteiger partial charge in [0, 0.05) is 29.6 Å². The Morgan fingerprint density at radius 3 is 1.62 bits per heavy atom. The van der Waals surface area contributed by atoms with Gasteiger partial charge < -0.3 is 9.64 Å². The number of rotatable bonds is 7. The molecule has 0 bridgehead atoms. The standard InChI is InChI=1S/C29H33NO2/c1-8-29(31)32-14-13-25-9-11-26(12-10-25)30(27-15-19(2)23(6)20(3)16-27)28-17-21(4)24(7)22(5)18-28/h8-12,15-18H,1,13-14H2,2-7H3. The zero-order chi connectivity index (χ0) is 23.4. The van der Waals surface area contributed by atoms with E-state index in [2.05, 4.69) is 102 Å². The third-order valence-corrected chi connectivity index (χ3v) is 6.34. The van der Waals surface area contributed by atoms with Crippen LogP contribution in [0.2, 0.25) is 0 Å². The molecule has 3 nitrogen and oxygen atoms in total. The summed E-state index contributed by atoms with van der Waals surface area (Å²) in [4.78, 5) is 13.6. The predicted molar refractivity (Wildman–Crippen MR) is 134 cm³/mol. The quantitative estimate of drug-likeness (QED) is 0.293. The van der Waals surface area contributed by atoms with E-state index in [0.29, 0.717) is 13.0 Å². The van der Waals surface area contributed by atoms with Crippen LogP contribution in [0.1, 0.15) is 38.9 Å². The molecule has 0 fully saturated rings. The van der Waals surface area contributed by atoms with Gasteiger partial charge in [-0.3, -0.25) is 0 Å². The largest absolute Gasteiger partial charge is 0.462 e. The highest BCUT2D eigenvalue weighted by atomic mass is 16.5. The predicted octanol–water partition coefficient (Wildman–Crippen LogP) is 7.28. The summed E-state index contributed by atoms with van der Waals surface area (Å²) in [6, 6.07) is 17.5. The molecule has 166 valence electrons. The van der Waals surface area contributed by atoms with E-state index < -0.39 is 0 Å². The van der Waals surface area contributed by atoms with Gasteiger partial charge in [-0.05, 0) is 117 Å². The van der Waals surface area contributed by atoms with Crippen LogP contribution in [0.15, 0.2) is 61.2 Å². The first-order valence-corrected chi connectivity index (χ1v) is 11.0. The lowest BCUT2D eigenvalue weighted by Crippen LogP contribution is -2.12. The Kier molecular flexibility index (Phi) is 7.19. The van der Waals surface area contributed by atoms with Crippen molar-refractivity contribution in [3.63, 3.8) is 0 Å². The maximum absolute atomic E-state index is 11.3. The van der Waals surface area contributed by atoms with Gasteiger partial charge in [0.1, 0.15) is 0 Å². The molecule has 0 atom stereocenters. The Bertz CT molecular complexity index is 1040. The average Bonchev–Trinajstić information content (AvgIpc) is 2.76. The molecular weight excluding hydrogens is 394 g/mol. The van der Waals surface area contributed by atoms with E-state index in [4.69, 9.17) is 4.74 Å². The minimum Gasteiger partial charge on any atom is -0.462 e. The van der Waals surface area contributed by atoms with Gasteiger partial charge in [0.05, 0.1) is 6.61 Å². The molecule has 0 N–H and O–H groups in total. The van der Waals surface area contributed by atoms with Crippen molar-refractivity contribution in [2.24, 2.45) is 0 Å². The van der Waals surface area contributed by atoms with Crippen LogP contribution in [0, 0.1) is 41.5 Å². The highest BCUT2D eigenvalue weighted by Gasteiger charge is 2.16. The van der Waals surface area contributed by atoms with Gasteiger partial charge in [0.25, 0.3) is 0 Å². The molecule has 0 saturated heterocycles. The first-order valence-electron chi connectivity index (χ1n) is 11.0. The van der Waals surface area contributed by atoms with Crippen molar-refractivity contribution >= 4 is 23.0 Å². The minimum absolute atomic E-state index is 0.348. The normalized spacial score (nSPS) is 10.7. The van der Waals surface area contributed by atoms with Gasteiger partial charge in [-0.25, -0.2) is 4.79 Å². The number of anilines is 3. The van der Waals surface area contributed by atoms with Gasteiger partial charge in [-0.1, -0.05) is 18.7 Å². The number of hydrogen-bond donors (Lipinski definition) is 0.